The molecule has 0 bridgehead atoms. The van der Waals surface area contributed by atoms with Crippen LogP contribution in [0.1, 0.15) is 42.3 Å². The molecular formula is C29H26ClNO7. The first-order valence-corrected chi connectivity index (χ1v) is 12.5. The molecule has 0 radical (unpaired) electrons. The zero-order valence-electron chi connectivity index (χ0n) is 21.2. The van der Waals surface area contributed by atoms with Gasteiger partial charge >= 0.3 is 11.9 Å². The molecule has 0 aromatic heterocycles. The van der Waals surface area contributed by atoms with Gasteiger partial charge in [0, 0.05) is 10.6 Å². The third-order valence-electron chi connectivity index (χ3n) is 5.26. The molecule has 38 heavy (non-hydrogen) atoms. The number of ether oxygens (including phenoxy) is 5. The van der Waals surface area contributed by atoms with E-state index in [9.17, 15) is 9.59 Å². The lowest BCUT2D eigenvalue weighted by atomic mass is 10.1. The van der Waals surface area contributed by atoms with Gasteiger partial charge in [-0.25, -0.2) is 14.6 Å². The summed E-state index contributed by atoms with van der Waals surface area (Å²) in [5, 5.41) is 0.516. The van der Waals surface area contributed by atoms with Crippen LogP contribution in [0.5, 0.6) is 23.0 Å². The minimum Gasteiger partial charge on any atom is -0.490 e. The molecule has 1 aliphatic heterocycles. The molecule has 196 valence electrons. The van der Waals surface area contributed by atoms with E-state index in [1.54, 1.807) is 66.7 Å². The Morgan fingerprint density at radius 3 is 2.16 bits per heavy atom. The number of cyclic esters (lactones) is 1. The first-order chi connectivity index (χ1) is 18.4. The van der Waals surface area contributed by atoms with Crippen LogP contribution in [0.4, 0.5) is 0 Å². The fourth-order valence-electron chi connectivity index (χ4n) is 3.59. The number of carbonyl (C=O) groups excluding carboxylic acids is 2. The Balaban J connectivity index is 1.58. The molecule has 9 heteroatoms. The average molecular weight is 536 g/mol. The predicted octanol–water partition coefficient (Wildman–Crippen LogP) is 6.10. The maximum Gasteiger partial charge on any atom is 0.363 e. The lowest BCUT2D eigenvalue weighted by molar-refractivity contribution is -0.129. The number of hydrogen-bond donors (Lipinski definition) is 0. The van der Waals surface area contributed by atoms with Crippen molar-refractivity contribution >= 4 is 35.5 Å². The highest BCUT2D eigenvalue weighted by molar-refractivity contribution is 6.30. The normalized spacial score (nSPS) is 13.6. The summed E-state index contributed by atoms with van der Waals surface area (Å²) < 4.78 is 27.9. The summed E-state index contributed by atoms with van der Waals surface area (Å²) in [5.41, 5.74) is 1.65. The topological polar surface area (TPSA) is 92.7 Å². The van der Waals surface area contributed by atoms with Crippen molar-refractivity contribution in [1.29, 1.82) is 0 Å². The second kappa shape index (κ2) is 12.3. The summed E-state index contributed by atoms with van der Waals surface area (Å²) in [7, 11) is 0. The maximum absolute atomic E-state index is 12.6. The van der Waals surface area contributed by atoms with E-state index in [4.69, 9.17) is 35.3 Å². The third-order valence-corrected chi connectivity index (χ3v) is 5.52. The van der Waals surface area contributed by atoms with E-state index in [0.717, 1.165) is 0 Å². The van der Waals surface area contributed by atoms with Gasteiger partial charge in [0.1, 0.15) is 0 Å². The van der Waals surface area contributed by atoms with Gasteiger partial charge in [0.25, 0.3) is 0 Å². The summed E-state index contributed by atoms with van der Waals surface area (Å²) in [6.45, 7) is 6.86. The molecule has 0 saturated carbocycles. The molecule has 0 atom stereocenters. The van der Waals surface area contributed by atoms with Crippen LogP contribution in [0, 0.1) is 0 Å². The van der Waals surface area contributed by atoms with Gasteiger partial charge < -0.3 is 23.7 Å². The Morgan fingerprint density at radius 2 is 1.47 bits per heavy atom. The fraction of sp³-hybridized carbons (Fsp3) is 0.207. The van der Waals surface area contributed by atoms with Crippen LogP contribution in [0.15, 0.2) is 71.4 Å². The Labute approximate surface area is 225 Å². The zero-order chi connectivity index (χ0) is 27.1. The van der Waals surface area contributed by atoms with Crippen LogP contribution in [0.25, 0.3) is 6.08 Å². The molecule has 8 nitrogen and oxygen atoms in total. The van der Waals surface area contributed by atoms with E-state index in [0.29, 0.717) is 58.8 Å². The molecule has 0 aliphatic carbocycles. The lowest BCUT2D eigenvalue weighted by Gasteiger charge is -2.11. The number of hydrogen-bond acceptors (Lipinski definition) is 8. The van der Waals surface area contributed by atoms with Gasteiger partial charge in [0.05, 0.1) is 25.4 Å². The van der Waals surface area contributed by atoms with Gasteiger partial charge in [-0.15, -0.1) is 0 Å². The fourth-order valence-corrected chi connectivity index (χ4v) is 3.71. The number of halogens is 1. The molecule has 3 aromatic carbocycles. The van der Waals surface area contributed by atoms with E-state index in [1.165, 1.54) is 0 Å². The zero-order valence-corrected chi connectivity index (χ0v) is 21.9. The number of aliphatic imine (C=N–C) groups is 1. The van der Waals surface area contributed by atoms with Crippen LogP contribution in [0.2, 0.25) is 5.02 Å². The predicted molar refractivity (Wildman–Crippen MR) is 143 cm³/mol. The Bertz CT molecular complexity index is 1400. The average Bonchev–Trinajstić information content (AvgIpc) is 3.27. The van der Waals surface area contributed by atoms with Crippen molar-refractivity contribution in [3.05, 3.63) is 88.1 Å². The minimum absolute atomic E-state index is 0.111. The molecule has 1 heterocycles. The highest BCUT2D eigenvalue weighted by atomic mass is 35.5. The van der Waals surface area contributed by atoms with E-state index in [1.807, 2.05) is 20.8 Å². The number of carbonyl (C=O) groups is 2. The third kappa shape index (κ3) is 6.33. The summed E-state index contributed by atoms with van der Waals surface area (Å²) in [4.78, 5) is 29.5. The molecule has 0 unspecified atom stereocenters. The summed E-state index contributed by atoms with van der Waals surface area (Å²) in [6, 6.07) is 16.5. The van der Waals surface area contributed by atoms with Gasteiger partial charge in [0.15, 0.2) is 28.7 Å². The van der Waals surface area contributed by atoms with E-state index >= 15 is 0 Å². The van der Waals surface area contributed by atoms with Crippen molar-refractivity contribution in [3.8, 4) is 23.0 Å². The van der Waals surface area contributed by atoms with Crippen molar-refractivity contribution in [2.45, 2.75) is 20.8 Å². The summed E-state index contributed by atoms with van der Waals surface area (Å²) >= 11 is 5.89. The monoisotopic (exact) mass is 535 g/mol. The van der Waals surface area contributed by atoms with Crippen LogP contribution < -0.4 is 18.9 Å². The second-order valence-electron chi connectivity index (χ2n) is 7.90. The summed E-state index contributed by atoms with van der Waals surface area (Å²) in [6.07, 6.45) is 1.57. The highest BCUT2D eigenvalue weighted by Gasteiger charge is 2.25. The first kappa shape index (κ1) is 26.8. The SMILES string of the molecule is CCOc1ccc(C2=N/C(=C\c3ccc(OC(=O)c4ccc(Cl)cc4)c(OCC)c3)C(=O)O2)cc1OCC. The van der Waals surface area contributed by atoms with Crippen LogP contribution in [0.3, 0.4) is 0 Å². The van der Waals surface area contributed by atoms with Crippen LogP contribution >= 0.6 is 11.6 Å². The highest BCUT2D eigenvalue weighted by Crippen LogP contribution is 2.32. The molecule has 4 rings (SSSR count). The first-order valence-electron chi connectivity index (χ1n) is 12.1. The van der Waals surface area contributed by atoms with E-state index in [2.05, 4.69) is 4.99 Å². The Morgan fingerprint density at radius 1 is 0.842 bits per heavy atom. The number of nitrogens with zero attached hydrogens (tertiary/aromatic N) is 1. The second-order valence-corrected chi connectivity index (χ2v) is 8.34. The van der Waals surface area contributed by atoms with Crippen molar-refractivity contribution in [1.82, 2.24) is 0 Å². The molecule has 0 N–H and O–H groups in total. The molecule has 1 aliphatic rings. The summed E-state index contributed by atoms with van der Waals surface area (Å²) in [5.74, 6) is 0.723. The van der Waals surface area contributed by atoms with Crippen molar-refractivity contribution < 1.29 is 33.3 Å². The molecular weight excluding hydrogens is 510 g/mol. The van der Waals surface area contributed by atoms with Crippen LogP contribution in [-0.2, 0) is 9.53 Å². The largest absolute Gasteiger partial charge is 0.490 e. The number of esters is 2. The van der Waals surface area contributed by atoms with Crippen LogP contribution in [-0.4, -0.2) is 37.7 Å². The molecule has 0 spiro atoms. The number of benzene rings is 3. The Kier molecular flexibility index (Phi) is 8.66. The van der Waals surface area contributed by atoms with E-state index in [-0.39, 0.29) is 17.3 Å². The van der Waals surface area contributed by atoms with E-state index < -0.39 is 11.9 Å². The van der Waals surface area contributed by atoms with Gasteiger partial charge in [-0.3, -0.25) is 0 Å². The van der Waals surface area contributed by atoms with Crippen molar-refractivity contribution in [2.75, 3.05) is 19.8 Å². The Hall–Kier alpha value is -4.30. The molecule has 0 amide bonds. The standard InChI is InChI=1S/C29H26ClNO7/c1-4-34-23-14-10-20(17-26(23)36-6-3)27-31-22(29(33)38-27)15-18-7-13-24(25(16-18)35-5-2)37-28(32)19-8-11-21(30)12-9-19/h7-17H,4-6H2,1-3H3/b22-15-. The molecule has 0 saturated heterocycles. The minimum atomic E-state index is -0.594. The van der Waals surface area contributed by atoms with Crippen molar-refractivity contribution in [3.63, 3.8) is 0 Å². The van der Waals surface area contributed by atoms with Gasteiger partial charge in [0.2, 0.25) is 5.90 Å². The molecule has 3 aromatic rings. The van der Waals surface area contributed by atoms with Crippen molar-refractivity contribution in [2.24, 2.45) is 4.99 Å². The van der Waals surface area contributed by atoms with Gasteiger partial charge in [-0.1, -0.05) is 17.7 Å². The lowest BCUT2D eigenvalue weighted by Crippen LogP contribution is -2.09. The number of rotatable bonds is 10. The molecule has 0 fully saturated rings. The van der Waals surface area contributed by atoms with Gasteiger partial charge in [-0.2, -0.15) is 0 Å². The quantitative estimate of drug-likeness (QED) is 0.176. The maximum atomic E-state index is 12.6. The van der Waals surface area contributed by atoms with Gasteiger partial charge in [-0.05, 0) is 87.0 Å². The smallest absolute Gasteiger partial charge is 0.363 e.